The Kier molecular flexibility index (Phi) is 6.38. The zero-order valence-corrected chi connectivity index (χ0v) is 21.2. The van der Waals surface area contributed by atoms with Gasteiger partial charge in [-0.25, -0.2) is 8.42 Å². The molecule has 1 saturated heterocycles. The summed E-state index contributed by atoms with van der Waals surface area (Å²) in [5.41, 5.74) is 2.83. The number of sulfonamides is 1. The number of furan rings is 1. The Bertz CT molecular complexity index is 1490. The smallest absolute Gasteiger partial charge is 0.229 e. The van der Waals surface area contributed by atoms with Crippen LogP contribution >= 0.6 is 12.2 Å². The molecule has 2 unspecified atom stereocenters. The molecule has 0 radical (unpaired) electrons. The van der Waals surface area contributed by atoms with Gasteiger partial charge in [0.2, 0.25) is 10.0 Å². The van der Waals surface area contributed by atoms with Crippen molar-refractivity contribution in [2.45, 2.75) is 12.1 Å². The summed E-state index contributed by atoms with van der Waals surface area (Å²) in [6.45, 7) is 0. The highest BCUT2D eigenvalue weighted by Crippen LogP contribution is 2.44. The number of pyridine rings is 1. The quantitative estimate of drug-likeness (QED) is 0.332. The lowest BCUT2D eigenvalue weighted by Gasteiger charge is -2.26. The molecule has 184 valence electrons. The number of nitrogens with one attached hydrogen (secondary N) is 2. The molecule has 0 bridgehead atoms. The first-order valence-electron chi connectivity index (χ1n) is 11.2. The van der Waals surface area contributed by atoms with Gasteiger partial charge in [-0.15, -0.1) is 0 Å². The summed E-state index contributed by atoms with van der Waals surface area (Å²) < 4.78 is 37.9. The molecule has 5 rings (SSSR count). The minimum absolute atomic E-state index is 0.284. The summed E-state index contributed by atoms with van der Waals surface area (Å²) in [6, 6.07) is 24.0. The molecule has 1 aliphatic rings. The third-order valence-electron chi connectivity index (χ3n) is 5.83. The normalized spacial score (nSPS) is 17.6. The SMILES string of the molecule is COc1cc(N2C(=S)NC(c3ccccn3)C2c2ccc(-c3ccccc3)o2)ccc1NS(C)(=O)=O. The first-order chi connectivity index (χ1) is 17.3. The minimum atomic E-state index is -3.48. The highest BCUT2D eigenvalue weighted by atomic mass is 32.2. The van der Waals surface area contributed by atoms with E-state index in [1.165, 1.54) is 7.11 Å². The summed E-state index contributed by atoms with van der Waals surface area (Å²) in [5, 5.41) is 3.87. The third-order valence-corrected chi connectivity index (χ3v) is 6.74. The third kappa shape index (κ3) is 4.77. The molecule has 2 atom stereocenters. The Morgan fingerprint density at radius 2 is 1.83 bits per heavy atom. The van der Waals surface area contributed by atoms with Crippen LogP contribution < -0.4 is 19.7 Å². The van der Waals surface area contributed by atoms with Crippen molar-refractivity contribution in [2.75, 3.05) is 23.0 Å². The molecule has 1 aliphatic heterocycles. The largest absolute Gasteiger partial charge is 0.494 e. The number of ether oxygens (including phenoxy) is 1. The first kappa shape index (κ1) is 23.8. The summed E-state index contributed by atoms with van der Waals surface area (Å²) in [5.74, 6) is 1.81. The summed E-state index contributed by atoms with van der Waals surface area (Å²) in [4.78, 5) is 6.50. The fraction of sp³-hybridized carbons (Fsp3) is 0.154. The second kappa shape index (κ2) is 9.63. The van der Waals surface area contributed by atoms with Crippen molar-refractivity contribution in [3.05, 3.63) is 96.5 Å². The number of rotatable bonds is 7. The van der Waals surface area contributed by atoms with Gasteiger partial charge in [0.25, 0.3) is 0 Å². The molecule has 0 amide bonds. The standard InChI is InChI=1S/C26H24N4O4S2/c1-33-23-16-18(11-12-19(23)29-36(2,31)32)30-25(24(28-26(30)35)20-10-6-7-15-27-20)22-14-13-21(34-22)17-8-4-3-5-9-17/h3-16,24-25,29H,1-2H3,(H,28,35). The molecule has 1 fully saturated rings. The van der Waals surface area contributed by atoms with E-state index >= 15 is 0 Å². The molecule has 2 aromatic heterocycles. The van der Waals surface area contributed by atoms with Gasteiger partial charge in [0.05, 0.1) is 30.8 Å². The number of methoxy groups -OCH3 is 1. The summed E-state index contributed by atoms with van der Waals surface area (Å²) >= 11 is 5.77. The Labute approximate surface area is 215 Å². The molecular weight excluding hydrogens is 496 g/mol. The highest BCUT2D eigenvalue weighted by molar-refractivity contribution is 7.92. The molecule has 0 saturated carbocycles. The van der Waals surface area contributed by atoms with E-state index in [1.54, 1.807) is 24.4 Å². The summed E-state index contributed by atoms with van der Waals surface area (Å²) in [6.07, 6.45) is 2.83. The van der Waals surface area contributed by atoms with Crippen molar-refractivity contribution in [3.8, 4) is 17.1 Å². The van der Waals surface area contributed by atoms with Crippen LogP contribution in [0.4, 0.5) is 11.4 Å². The Balaban J connectivity index is 1.59. The molecule has 3 heterocycles. The molecule has 4 aromatic rings. The van der Waals surface area contributed by atoms with E-state index in [2.05, 4.69) is 15.0 Å². The van der Waals surface area contributed by atoms with Gasteiger partial charge in [0, 0.05) is 23.5 Å². The zero-order valence-electron chi connectivity index (χ0n) is 19.6. The van der Waals surface area contributed by atoms with Crippen LogP contribution in [0.5, 0.6) is 5.75 Å². The van der Waals surface area contributed by atoms with Crippen LogP contribution in [0.15, 0.2) is 89.5 Å². The lowest BCUT2D eigenvalue weighted by Crippen LogP contribution is -2.29. The van der Waals surface area contributed by atoms with Crippen LogP contribution in [0.3, 0.4) is 0 Å². The number of hydrogen-bond donors (Lipinski definition) is 2. The van der Waals surface area contributed by atoms with E-state index in [4.69, 9.17) is 21.4 Å². The van der Waals surface area contributed by atoms with Gasteiger partial charge in [-0.1, -0.05) is 36.4 Å². The Morgan fingerprint density at radius 1 is 1.06 bits per heavy atom. The van der Waals surface area contributed by atoms with Gasteiger partial charge in [-0.2, -0.15) is 0 Å². The number of thiocarbonyl (C=S) groups is 1. The van der Waals surface area contributed by atoms with E-state index in [-0.39, 0.29) is 12.1 Å². The van der Waals surface area contributed by atoms with Gasteiger partial charge >= 0.3 is 0 Å². The van der Waals surface area contributed by atoms with Crippen LogP contribution in [-0.4, -0.2) is 31.9 Å². The molecular formula is C26H24N4O4S2. The highest BCUT2D eigenvalue weighted by Gasteiger charge is 2.42. The van der Waals surface area contributed by atoms with Crippen molar-refractivity contribution in [3.63, 3.8) is 0 Å². The van der Waals surface area contributed by atoms with Crippen LogP contribution in [0.1, 0.15) is 23.5 Å². The van der Waals surface area contributed by atoms with Crippen molar-refractivity contribution >= 4 is 38.7 Å². The second-order valence-electron chi connectivity index (χ2n) is 8.32. The predicted octanol–water partition coefficient (Wildman–Crippen LogP) is 4.90. The maximum absolute atomic E-state index is 11.8. The van der Waals surface area contributed by atoms with Crippen molar-refractivity contribution < 1.29 is 17.6 Å². The zero-order chi connectivity index (χ0) is 25.3. The lowest BCUT2D eigenvalue weighted by atomic mass is 10.0. The second-order valence-corrected chi connectivity index (χ2v) is 10.5. The van der Waals surface area contributed by atoms with Crippen LogP contribution in [0, 0.1) is 0 Å². The van der Waals surface area contributed by atoms with E-state index in [0.29, 0.717) is 28.0 Å². The van der Waals surface area contributed by atoms with Gasteiger partial charge in [0.15, 0.2) is 5.11 Å². The van der Waals surface area contributed by atoms with Gasteiger partial charge < -0.3 is 19.4 Å². The minimum Gasteiger partial charge on any atom is -0.494 e. The van der Waals surface area contributed by atoms with Crippen molar-refractivity contribution in [1.82, 2.24) is 10.3 Å². The Morgan fingerprint density at radius 3 is 2.53 bits per heavy atom. The average molecular weight is 521 g/mol. The predicted molar refractivity (Wildman–Crippen MR) is 144 cm³/mol. The van der Waals surface area contributed by atoms with Crippen LogP contribution in [-0.2, 0) is 10.0 Å². The van der Waals surface area contributed by atoms with Crippen LogP contribution in [0.2, 0.25) is 0 Å². The molecule has 2 aromatic carbocycles. The topological polar surface area (TPSA) is 96.7 Å². The Hall–Kier alpha value is -3.89. The molecule has 36 heavy (non-hydrogen) atoms. The fourth-order valence-electron chi connectivity index (χ4n) is 4.31. The van der Waals surface area contributed by atoms with Gasteiger partial charge in [-0.05, 0) is 48.6 Å². The van der Waals surface area contributed by atoms with Gasteiger partial charge in [0.1, 0.15) is 23.3 Å². The molecule has 2 N–H and O–H groups in total. The maximum Gasteiger partial charge on any atom is 0.229 e. The number of nitrogens with zero attached hydrogens (tertiary/aromatic N) is 2. The number of anilines is 2. The van der Waals surface area contributed by atoms with E-state index in [9.17, 15) is 8.42 Å². The maximum atomic E-state index is 11.8. The molecule has 0 aliphatic carbocycles. The van der Waals surface area contributed by atoms with Crippen molar-refractivity contribution in [2.24, 2.45) is 0 Å². The number of aromatic nitrogens is 1. The molecule has 10 heteroatoms. The average Bonchev–Trinajstić information content (AvgIpc) is 3.49. The van der Waals surface area contributed by atoms with E-state index < -0.39 is 10.0 Å². The molecule has 8 nitrogen and oxygen atoms in total. The van der Waals surface area contributed by atoms with Crippen molar-refractivity contribution in [1.29, 1.82) is 0 Å². The number of benzene rings is 2. The monoisotopic (exact) mass is 520 g/mol. The van der Waals surface area contributed by atoms with Crippen LogP contribution in [0.25, 0.3) is 11.3 Å². The summed E-state index contributed by atoms with van der Waals surface area (Å²) in [7, 11) is -1.99. The fourth-order valence-corrected chi connectivity index (χ4v) is 5.22. The lowest BCUT2D eigenvalue weighted by molar-refractivity contribution is 0.416. The number of hydrogen-bond acceptors (Lipinski definition) is 6. The van der Waals surface area contributed by atoms with Gasteiger partial charge in [-0.3, -0.25) is 9.71 Å². The molecule has 0 spiro atoms. The van der Waals surface area contributed by atoms with E-state index in [0.717, 1.165) is 23.3 Å². The first-order valence-corrected chi connectivity index (χ1v) is 13.5. The van der Waals surface area contributed by atoms with E-state index in [1.807, 2.05) is 65.6 Å².